The van der Waals surface area contributed by atoms with Crippen molar-refractivity contribution in [3.63, 3.8) is 0 Å². The molecular formula is C14H10N4O. The smallest absolute Gasteiger partial charge is 0.259 e. The number of hydrogen-bond acceptors (Lipinski definition) is 4. The van der Waals surface area contributed by atoms with Crippen LogP contribution in [0.5, 0.6) is 0 Å². The Bertz CT molecular complexity index is 746. The van der Waals surface area contributed by atoms with Crippen molar-refractivity contribution >= 4 is 0 Å². The van der Waals surface area contributed by atoms with E-state index in [0.717, 1.165) is 5.56 Å². The lowest BCUT2D eigenvalue weighted by atomic mass is 10.1. The Kier molecular flexibility index (Phi) is 2.62. The maximum absolute atomic E-state index is 8.76. The van der Waals surface area contributed by atoms with Gasteiger partial charge in [0.2, 0.25) is 5.82 Å². The molecule has 0 radical (unpaired) electrons. The first-order chi connectivity index (χ1) is 9.26. The molecule has 0 unspecified atom stereocenters. The third-order valence-electron chi connectivity index (χ3n) is 2.79. The Morgan fingerprint density at radius 3 is 2.68 bits per heavy atom. The highest BCUT2D eigenvalue weighted by atomic mass is 16.5. The van der Waals surface area contributed by atoms with Gasteiger partial charge < -0.3 is 9.51 Å². The summed E-state index contributed by atoms with van der Waals surface area (Å²) < 4.78 is 5.20. The standard InChI is InChI=1S/C14H10N4O/c1-9-2-4-10(5-3-9)13-17-14(19-18-13)11-6-12(7-15)16-8-11/h2-6,8,16H,1H3. The van der Waals surface area contributed by atoms with E-state index >= 15 is 0 Å². The number of benzene rings is 1. The van der Waals surface area contributed by atoms with Crippen molar-refractivity contribution < 1.29 is 4.52 Å². The van der Waals surface area contributed by atoms with Gasteiger partial charge in [0.05, 0.1) is 5.56 Å². The molecule has 0 amide bonds. The molecule has 2 aromatic heterocycles. The Labute approximate surface area is 109 Å². The zero-order valence-electron chi connectivity index (χ0n) is 10.2. The summed E-state index contributed by atoms with van der Waals surface area (Å²) in [7, 11) is 0. The summed E-state index contributed by atoms with van der Waals surface area (Å²) in [5.41, 5.74) is 3.25. The van der Waals surface area contributed by atoms with Crippen LogP contribution in [0.2, 0.25) is 0 Å². The molecule has 2 heterocycles. The van der Waals surface area contributed by atoms with Crippen LogP contribution in [0.25, 0.3) is 22.8 Å². The predicted molar refractivity (Wildman–Crippen MR) is 69.0 cm³/mol. The molecule has 1 aromatic carbocycles. The van der Waals surface area contributed by atoms with Gasteiger partial charge in [0.15, 0.2) is 0 Å². The summed E-state index contributed by atoms with van der Waals surface area (Å²) in [5, 5.41) is 12.7. The maximum Gasteiger partial charge on any atom is 0.259 e. The van der Waals surface area contributed by atoms with Crippen molar-refractivity contribution in [3.05, 3.63) is 47.8 Å². The molecular weight excluding hydrogens is 240 g/mol. The number of hydrogen-bond donors (Lipinski definition) is 1. The monoisotopic (exact) mass is 250 g/mol. The topological polar surface area (TPSA) is 78.5 Å². The fourth-order valence-electron chi connectivity index (χ4n) is 1.74. The van der Waals surface area contributed by atoms with Crippen molar-refractivity contribution in [1.82, 2.24) is 15.1 Å². The van der Waals surface area contributed by atoms with E-state index in [1.807, 2.05) is 37.3 Å². The highest BCUT2D eigenvalue weighted by molar-refractivity contribution is 5.60. The molecule has 0 aliphatic heterocycles. The SMILES string of the molecule is Cc1ccc(-c2noc(-c3c[nH]c(C#N)c3)n2)cc1. The first-order valence-corrected chi connectivity index (χ1v) is 5.76. The number of rotatable bonds is 2. The Balaban J connectivity index is 1.95. The Hall–Kier alpha value is -2.87. The molecule has 1 N–H and O–H groups in total. The average molecular weight is 250 g/mol. The molecule has 0 aliphatic rings. The minimum atomic E-state index is 0.397. The predicted octanol–water partition coefficient (Wildman–Crippen LogP) is 2.91. The Morgan fingerprint density at radius 1 is 1.21 bits per heavy atom. The molecule has 0 saturated heterocycles. The van der Waals surface area contributed by atoms with E-state index in [2.05, 4.69) is 15.1 Å². The molecule has 0 atom stereocenters. The van der Waals surface area contributed by atoms with Crippen LogP contribution in [0.4, 0.5) is 0 Å². The number of aromatic amines is 1. The minimum Gasteiger partial charge on any atom is -0.352 e. The van der Waals surface area contributed by atoms with E-state index in [4.69, 9.17) is 9.78 Å². The molecule has 0 spiro atoms. The third kappa shape index (κ3) is 2.11. The molecule has 0 saturated carbocycles. The van der Waals surface area contributed by atoms with Gasteiger partial charge in [0.25, 0.3) is 5.89 Å². The largest absolute Gasteiger partial charge is 0.352 e. The maximum atomic E-state index is 8.76. The Morgan fingerprint density at radius 2 is 2.00 bits per heavy atom. The molecule has 0 bridgehead atoms. The van der Waals surface area contributed by atoms with E-state index in [0.29, 0.717) is 23.0 Å². The van der Waals surface area contributed by atoms with Gasteiger partial charge in [-0.15, -0.1) is 0 Å². The second-order valence-electron chi connectivity index (χ2n) is 4.20. The molecule has 92 valence electrons. The van der Waals surface area contributed by atoms with E-state index in [9.17, 15) is 0 Å². The van der Waals surface area contributed by atoms with Crippen molar-refractivity contribution in [1.29, 1.82) is 5.26 Å². The number of aryl methyl sites for hydroxylation is 1. The molecule has 5 nitrogen and oxygen atoms in total. The second kappa shape index (κ2) is 4.42. The first kappa shape index (κ1) is 11.2. The van der Waals surface area contributed by atoms with Crippen LogP contribution in [-0.2, 0) is 0 Å². The zero-order valence-corrected chi connectivity index (χ0v) is 10.2. The summed E-state index contributed by atoms with van der Waals surface area (Å²) in [5.74, 6) is 0.933. The molecule has 19 heavy (non-hydrogen) atoms. The van der Waals surface area contributed by atoms with E-state index < -0.39 is 0 Å². The summed E-state index contributed by atoms with van der Waals surface area (Å²) in [4.78, 5) is 7.14. The van der Waals surface area contributed by atoms with E-state index in [1.165, 1.54) is 5.56 Å². The summed E-state index contributed by atoms with van der Waals surface area (Å²) in [6.07, 6.45) is 1.67. The molecule has 0 fully saturated rings. The molecule has 3 aromatic rings. The minimum absolute atomic E-state index is 0.397. The van der Waals surface area contributed by atoms with Crippen LogP contribution in [0.15, 0.2) is 41.1 Å². The van der Waals surface area contributed by atoms with Gasteiger partial charge in [-0.2, -0.15) is 10.2 Å². The van der Waals surface area contributed by atoms with Crippen molar-refractivity contribution in [2.45, 2.75) is 6.92 Å². The van der Waals surface area contributed by atoms with Crippen LogP contribution < -0.4 is 0 Å². The second-order valence-corrected chi connectivity index (χ2v) is 4.20. The average Bonchev–Trinajstić information content (AvgIpc) is 3.08. The number of aromatic nitrogens is 3. The fourth-order valence-corrected chi connectivity index (χ4v) is 1.74. The summed E-state index contributed by atoms with van der Waals surface area (Å²) in [6, 6.07) is 11.6. The van der Waals surface area contributed by atoms with Crippen LogP contribution >= 0.6 is 0 Å². The number of nitriles is 1. The van der Waals surface area contributed by atoms with Crippen LogP contribution in [0.1, 0.15) is 11.3 Å². The highest BCUT2D eigenvalue weighted by Gasteiger charge is 2.11. The molecule has 0 aliphatic carbocycles. The molecule has 3 rings (SSSR count). The number of nitrogens with zero attached hydrogens (tertiary/aromatic N) is 3. The van der Waals surface area contributed by atoms with E-state index in [-0.39, 0.29) is 0 Å². The van der Waals surface area contributed by atoms with Gasteiger partial charge in [-0.1, -0.05) is 35.0 Å². The summed E-state index contributed by atoms with van der Waals surface area (Å²) in [6.45, 7) is 2.02. The van der Waals surface area contributed by atoms with Crippen molar-refractivity contribution in [2.75, 3.05) is 0 Å². The number of H-pyrrole nitrogens is 1. The van der Waals surface area contributed by atoms with Gasteiger partial charge in [-0.25, -0.2) is 0 Å². The normalized spacial score (nSPS) is 10.3. The lowest BCUT2D eigenvalue weighted by Gasteiger charge is -1.94. The highest BCUT2D eigenvalue weighted by Crippen LogP contribution is 2.22. The van der Waals surface area contributed by atoms with Gasteiger partial charge in [-0.3, -0.25) is 0 Å². The van der Waals surface area contributed by atoms with Crippen molar-refractivity contribution in [3.8, 4) is 28.9 Å². The molecule has 5 heteroatoms. The summed E-state index contributed by atoms with van der Waals surface area (Å²) >= 11 is 0. The van der Waals surface area contributed by atoms with Crippen LogP contribution in [0, 0.1) is 18.3 Å². The number of nitrogens with one attached hydrogen (secondary N) is 1. The van der Waals surface area contributed by atoms with Gasteiger partial charge in [0.1, 0.15) is 11.8 Å². The van der Waals surface area contributed by atoms with Crippen LogP contribution in [0.3, 0.4) is 0 Å². The quantitative estimate of drug-likeness (QED) is 0.758. The lowest BCUT2D eigenvalue weighted by molar-refractivity contribution is 0.432. The van der Waals surface area contributed by atoms with Gasteiger partial charge >= 0.3 is 0 Å². The third-order valence-corrected chi connectivity index (χ3v) is 2.79. The van der Waals surface area contributed by atoms with Gasteiger partial charge in [-0.05, 0) is 13.0 Å². The zero-order chi connectivity index (χ0) is 13.2. The van der Waals surface area contributed by atoms with Crippen molar-refractivity contribution in [2.24, 2.45) is 0 Å². The van der Waals surface area contributed by atoms with E-state index in [1.54, 1.807) is 12.3 Å². The first-order valence-electron chi connectivity index (χ1n) is 5.76. The van der Waals surface area contributed by atoms with Crippen LogP contribution in [-0.4, -0.2) is 15.1 Å². The fraction of sp³-hybridized carbons (Fsp3) is 0.0714. The van der Waals surface area contributed by atoms with Gasteiger partial charge in [0, 0.05) is 11.8 Å². The lowest BCUT2D eigenvalue weighted by Crippen LogP contribution is -1.81.